The van der Waals surface area contributed by atoms with Gasteiger partial charge in [-0.25, -0.2) is 9.78 Å². The molecule has 2 unspecified atom stereocenters. The molecule has 1 aromatic heterocycles. The molecule has 0 bridgehead atoms. The second kappa shape index (κ2) is 17.4. The number of anilines is 2. The number of hydrazine groups is 2. The van der Waals surface area contributed by atoms with Gasteiger partial charge in [0.15, 0.2) is 0 Å². The number of nitrogens with one attached hydrogen (secondary N) is 4. The number of aromatic hydroxyl groups is 2. The summed E-state index contributed by atoms with van der Waals surface area (Å²) < 4.78 is 2.06. The zero-order valence-electron chi connectivity index (χ0n) is 26.1. The van der Waals surface area contributed by atoms with Crippen molar-refractivity contribution >= 4 is 77.3 Å². The van der Waals surface area contributed by atoms with E-state index in [0.717, 1.165) is 32.2 Å². The summed E-state index contributed by atoms with van der Waals surface area (Å²) in [6.45, 7) is 0.181. The Morgan fingerprint density at radius 2 is 2.00 bits per heavy atom. The number of aliphatic hydroxyl groups excluding tert-OH is 1. The molecule has 50 heavy (non-hydrogen) atoms. The van der Waals surface area contributed by atoms with E-state index >= 15 is 0 Å². The van der Waals surface area contributed by atoms with Crippen LogP contribution in [0.4, 0.5) is 16.4 Å². The normalized spacial score (nSPS) is 18.8. The largest absolute Gasteiger partial charge is 1.00 e. The van der Waals surface area contributed by atoms with Gasteiger partial charge in [-0.1, -0.05) is 16.7 Å². The fourth-order valence-corrected chi connectivity index (χ4v) is 8.23. The van der Waals surface area contributed by atoms with Crippen LogP contribution in [0.25, 0.3) is 0 Å². The molecular weight excluding hydrogens is 728 g/mol. The number of aliphatic carboxylic acids is 1. The maximum atomic E-state index is 14.0. The number of carboxylic acid groups (broad SMARTS) is 1. The zero-order chi connectivity index (χ0) is 35.2. The van der Waals surface area contributed by atoms with Crippen molar-refractivity contribution < 1.29 is 74.0 Å². The van der Waals surface area contributed by atoms with Crippen molar-refractivity contribution in [3.8, 4) is 11.6 Å². The summed E-state index contributed by atoms with van der Waals surface area (Å²) >= 11 is 3.66. The number of aliphatic hydroxyl groups is 1. The van der Waals surface area contributed by atoms with E-state index in [2.05, 4.69) is 31.5 Å². The van der Waals surface area contributed by atoms with Crippen molar-refractivity contribution in [3.63, 3.8) is 0 Å². The SMILES string of the molecule is NC(=O)N(c1cnc(NCCCO)nc1O)C(C(=O)NC1C(=O)N2C(C(=O)[O-])=C(CSC3=CNN(NC=O)S3)CS[C@@H]12)c1ccc(O)cc1.[Na+]. The third-order valence-corrected chi connectivity index (χ3v) is 10.7. The van der Waals surface area contributed by atoms with Crippen molar-refractivity contribution in [2.24, 2.45) is 5.73 Å². The van der Waals surface area contributed by atoms with Crippen LogP contribution in [-0.2, 0) is 19.2 Å². The molecule has 1 aromatic carbocycles. The number of hydrogen-bond acceptors (Lipinski definition) is 17. The fraction of sp³-hybridized carbons (Fsp3) is 0.296. The third-order valence-electron chi connectivity index (χ3n) is 7.16. The van der Waals surface area contributed by atoms with Crippen LogP contribution in [0.5, 0.6) is 11.6 Å². The molecule has 0 saturated carbocycles. The van der Waals surface area contributed by atoms with Crippen molar-refractivity contribution in [2.45, 2.75) is 23.9 Å². The summed E-state index contributed by atoms with van der Waals surface area (Å²) in [5.41, 5.74) is 10.8. The van der Waals surface area contributed by atoms with E-state index in [1.54, 1.807) is 6.20 Å². The van der Waals surface area contributed by atoms with E-state index in [0.29, 0.717) is 18.4 Å². The summed E-state index contributed by atoms with van der Waals surface area (Å²) in [6.07, 6.45) is 3.52. The maximum Gasteiger partial charge on any atom is 1.00 e. The predicted molar refractivity (Wildman–Crippen MR) is 176 cm³/mol. The number of thioether (sulfide) groups is 2. The van der Waals surface area contributed by atoms with Crippen LogP contribution in [0, 0.1) is 0 Å². The van der Waals surface area contributed by atoms with Gasteiger partial charge >= 0.3 is 35.6 Å². The fourth-order valence-electron chi connectivity index (χ4n) is 4.97. The Morgan fingerprint density at radius 3 is 2.64 bits per heavy atom. The van der Waals surface area contributed by atoms with Gasteiger partial charge in [-0.2, -0.15) is 4.98 Å². The number of benzene rings is 1. The number of β-lactam (4-membered cyclic amide) rings is 1. The number of nitrogens with two attached hydrogens (primary N) is 1. The number of phenols is 1. The van der Waals surface area contributed by atoms with Gasteiger partial charge in [-0.15, -0.1) is 23.5 Å². The van der Waals surface area contributed by atoms with Gasteiger partial charge in [0.1, 0.15) is 28.9 Å². The molecule has 1 saturated heterocycles. The molecule has 3 aliphatic heterocycles. The van der Waals surface area contributed by atoms with E-state index in [1.165, 1.54) is 52.3 Å². The van der Waals surface area contributed by atoms with Crippen LogP contribution >= 0.6 is 35.5 Å². The molecular formula is C27H29N10NaO9S3. The average molecular weight is 757 g/mol. The van der Waals surface area contributed by atoms with Crippen LogP contribution in [-0.4, -0.2) is 101 Å². The Morgan fingerprint density at radius 1 is 1.26 bits per heavy atom. The molecule has 9 N–H and O–H groups in total. The smallest absolute Gasteiger partial charge is 0.543 e. The number of nitrogens with zero attached hydrogens (tertiary/aromatic N) is 5. The number of carboxylic acids is 1. The van der Waals surface area contributed by atoms with Gasteiger partial charge in [0, 0.05) is 42.8 Å². The Balaban J connectivity index is 0.00000562. The first-order valence-corrected chi connectivity index (χ1v) is 17.1. The van der Waals surface area contributed by atoms with Crippen LogP contribution < -0.4 is 66.8 Å². The van der Waals surface area contributed by atoms with Gasteiger partial charge in [-0.3, -0.25) is 35.0 Å². The topological polar surface area (TPSA) is 279 Å². The number of aromatic nitrogens is 2. The Kier molecular flexibility index (Phi) is 13.5. The Bertz CT molecular complexity index is 1700. The Hall–Kier alpha value is -3.90. The summed E-state index contributed by atoms with van der Waals surface area (Å²) in [7, 11) is 0. The summed E-state index contributed by atoms with van der Waals surface area (Å²) in [4.78, 5) is 72.9. The van der Waals surface area contributed by atoms with Gasteiger partial charge in [-0.05, 0) is 29.7 Å². The average Bonchev–Trinajstić information content (AvgIpc) is 3.53. The van der Waals surface area contributed by atoms with Crippen LogP contribution in [0.2, 0.25) is 0 Å². The van der Waals surface area contributed by atoms with Crippen LogP contribution in [0.15, 0.2) is 52.2 Å². The van der Waals surface area contributed by atoms with Gasteiger partial charge in [0.2, 0.25) is 24.1 Å². The van der Waals surface area contributed by atoms with Crippen molar-refractivity contribution in [2.75, 3.05) is 34.9 Å². The van der Waals surface area contributed by atoms with E-state index < -0.39 is 47.2 Å². The maximum absolute atomic E-state index is 14.0. The quantitative estimate of drug-likeness (QED) is 0.0279. The molecule has 5 amide bonds. The molecule has 0 spiro atoms. The van der Waals surface area contributed by atoms with Gasteiger partial charge < -0.3 is 41.6 Å². The standard InChI is InChI=1S/C27H30N10O9S3.Na/c28-26(46)35(16-8-30-27(34-21(16)41)29-6-1-7-38)19(13-2-4-15(40)5-3-13)22(42)33-18-23(43)36-20(25(44)45)14(11-48-24(18)36)10-47-17-9-31-37(49-17)32-12-39;/h2-5,8-9,12,18-19,24,31,38,40H,1,6-7,10-11H2,(H2,28,46)(H,32,39)(H,33,42)(H,44,45)(H2,29,30,34,41);/q;+1/p-1/t18?,19?,24-;/m0./s1. The molecule has 0 radical (unpaired) electrons. The summed E-state index contributed by atoms with van der Waals surface area (Å²) in [5, 5.41) is 46.4. The van der Waals surface area contributed by atoms with Crippen molar-refractivity contribution in [3.05, 3.63) is 57.7 Å². The van der Waals surface area contributed by atoms with E-state index in [-0.39, 0.29) is 82.9 Å². The zero-order valence-corrected chi connectivity index (χ0v) is 30.6. The number of primary amides is 1. The van der Waals surface area contributed by atoms with Crippen molar-refractivity contribution in [1.82, 2.24) is 35.6 Å². The molecule has 3 aliphatic rings. The number of rotatable bonds is 15. The number of amides is 5. The first kappa shape index (κ1) is 38.9. The second-order valence-corrected chi connectivity index (χ2v) is 13.6. The van der Waals surface area contributed by atoms with Gasteiger partial charge in [0.05, 0.1) is 22.1 Å². The molecule has 0 aliphatic carbocycles. The second-order valence-electron chi connectivity index (χ2n) is 10.3. The molecule has 2 aromatic rings. The van der Waals surface area contributed by atoms with Crippen molar-refractivity contribution in [1.29, 1.82) is 0 Å². The number of carbonyl (C=O) groups is 5. The third kappa shape index (κ3) is 8.51. The molecule has 260 valence electrons. The monoisotopic (exact) mass is 756 g/mol. The number of fused-ring (bicyclic) bond motifs is 1. The first-order valence-electron chi connectivity index (χ1n) is 14.3. The minimum atomic E-state index is -1.61. The Labute approximate surface area is 318 Å². The molecule has 3 atom stereocenters. The summed E-state index contributed by atoms with van der Waals surface area (Å²) in [5.74, 6) is -3.72. The minimum Gasteiger partial charge on any atom is -0.543 e. The van der Waals surface area contributed by atoms with E-state index in [1.807, 2.05) is 0 Å². The predicted octanol–water partition coefficient (Wildman–Crippen LogP) is -4.62. The molecule has 1 fully saturated rings. The number of urea groups is 1. The van der Waals surface area contributed by atoms with E-state index in [9.17, 15) is 39.3 Å². The number of phenolic OH excluding ortho intramolecular Hbond substituents is 1. The summed E-state index contributed by atoms with van der Waals surface area (Å²) in [6, 6.07) is 1.18. The van der Waals surface area contributed by atoms with E-state index in [4.69, 9.17) is 10.8 Å². The molecule has 5 rings (SSSR count). The van der Waals surface area contributed by atoms with Crippen LogP contribution in [0.1, 0.15) is 18.0 Å². The first-order chi connectivity index (χ1) is 23.5. The molecule has 4 heterocycles. The number of carbonyl (C=O) groups excluding carboxylic acids is 5. The molecule has 23 heteroatoms. The van der Waals surface area contributed by atoms with Gasteiger partial charge in [0.25, 0.3) is 5.91 Å². The number of hydrogen-bond donors (Lipinski definition) is 8. The molecule has 19 nitrogen and oxygen atoms in total. The minimum absolute atomic E-state index is 0. The van der Waals surface area contributed by atoms with Crippen LogP contribution in [0.3, 0.4) is 0 Å².